The maximum Gasteiger partial charge on any atom is 0.222 e. The highest BCUT2D eigenvalue weighted by Gasteiger charge is 2.05. The molecular weight excluding hydrogens is 192 g/mol. The smallest absolute Gasteiger partial charge is 0.222 e. The Balaban J connectivity index is 3.40. The van der Waals surface area contributed by atoms with Gasteiger partial charge in [-0.1, -0.05) is 0 Å². The molecule has 0 aromatic rings. The van der Waals surface area contributed by atoms with E-state index in [2.05, 4.69) is 0 Å². The van der Waals surface area contributed by atoms with E-state index >= 15 is 0 Å². The van der Waals surface area contributed by atoms with Crippen LogP contribution in [0.15, 0.2) is 0 Å². The van der Waals surface area contributed by atoms with Gasteiger partial charge in [0, 0.05) is 41.0 Å². The molecule has 15 heavy (non-hydrogen) atoms. The Morgan fingerprint density at radius 3 is 1.47 bits per heavy atom. The standard InChI is InChI=1S/C11H21N2O2/c1-12(2)10(14)8-6-5-7-9-11(15)13(3)4/h5H,6-9H2,1-4H3. The van der Waals surface area contributed by atoms with E-state index < -0.39 is 0 Å². The van der Waals surface area contributed by atoms with Gasteiger partial charge in [0.15, 0.2) is 0 Å². The Morgan fingerprint density at radius 1 is 0.867 bits per heavy atom. The molecule has 0 aromatic carbocycles. The summed E-state index contributed by atoms with van der Waals surface area (Å²) in [5, 5.41) is 0. The predicted molar refractivity (Wildman–Crippen MR) is 60.2 cm³/mol. The molecular formula is C11H21N2O2. The second-order valence-electron chi connectivity index (χ2n) is 3.94. The van der Waals surface area contributed by atoms with Gasteiger partial charge in [0.1, 0.15) is 0 Å². The number of nitrogens with zero attached hydrogens (tertiary/aromatic N) is 2. The highest BCUT2D eigenvalue weighted by molar-refractivity contribution is 5.76. The van der Waals surface area contributed by atoms with Crippen molar-refractivity contribution in [3.63, 3.8) is 0 Å². The number of rotatable bonds is 6. The van der Waals surface area contributed by atoms with E-state index in [0.717, 1.165) is 12.8 Å². The molecule has 0 aliphatic rings. The van der Waals surface area contributed by atoms with Crippen molar-refractivity contribution in [1.29, 1.82) is 0 Å². The Hall–Kier alpha value is -1.06. The third-order valence-corrected chi connectivity index (χ3v) is 2.12. The molecule has 4 nitrogen and oxygen atoms in total. The summed E-state index contributed by atoms with van der Waals surface area (Å²) in [6, 6.07) is 0. The van der Waals surface area contributed by atoms with E-state index in [4.69, 9.17) is 0 Å². The molecule has 1 radical (unpaired) electrons. The van der Waals surface area contributed by atoms with Crippen molar-refractivity contribution in [2.75, 3.05) is 28.2 Å². The van der Waals surface area contributed by atoms with E-state index in [1.54, 1.807) is 38.0 Å². The minimum Gasteiger partial charge on any atom is -0.349 e. The molecule has 0 aliphatic heterocycles. The molecule has 0 spiro atoms. The molecule has 2 amide bonds. The topological polar surface area (TPSA) is 40.6 Å². The second kappa shape index (κ2) is 7.26. The Morgan fingerprint density at radius 2 is 1.20 bits per heavy atom. The van der Waals surface area contributed by atoms with Crippen molar-refractivity contribution in [1.82, 2.24) is 9.80 Å². The summed E-state index contributed by atoms with van der Waals surface area (Å²) in [4.78, 5) is 25.5. The van der Waals surface area contributed by atoms with Crippen molar-refractivity contribution in [3.8, 4) is 0 Å². The average molecular weight is 213 g/mol. The second-order valence-corrected chi connectivity index (χ2v) is 3.94. The molecule has 0 saturated carbocycles. The molecule has 4 heteroatoms. The molecule has 0 rings (SSSR count). The average Bonchev–Trinajstić information content (AvgIpc) is 2.16. The molecule has 0 unspecified atom stereocenters. The van der Waals surface area contributed by atoms with Crippen LogP contribution in [0.4, 0.5) is 0 Å². The van der Waals surface area contributed by atoms with Crippen molar-refractivity contribution in [2.24, 2.45) is 0 Å². The summed E-state index contributed by atoms with van der Waals surface area (Å²) in [6.07, 6.45) is 4.56. The van der Waals surface area contributed by atoms with Crippen molar-refractivity contribution >= 4 is 11.8 Å². The number of amides is 2. The van der Waals surface area contributed by atoms with Gasteiger partial charge in [-0.25, -0.2) is 0 Å². The summed E-state index contributed by atoms with van der Waals surface area (Å²) >= 11 is 0. The van der Waals surface area contributed by atoms with Crippen molar-refractivity contribution in [2.45, 2.75) is 25.7 Å². The van der Waals surface area contributed by atoms with Gasteiger partial charge in [-0.05, 0) is 19.3 Å². The van der Waals surface area contributed by atoms with Crippen molar-refractivity contribution < 1.29 is 9.59 Å². The summed E-state index contributed by atoms with van der Waals surface area (Å²) in [5.41, 5.74) is 0. The zero-order valence-corrected chi connectivity index (χ0v) is 10.1. The molecule has 0 heterocycles. The van der Waals surface area contributed by atoms with E-state index in [9.17, 15) is 9.59 Å². The van der Waals surface area contributed by atoms with E-state index in [-0.39, 0.29) is 11.8 Å². The first kappa shape index (κ1) is 13.9. The Bertz CT molecular complexity index is 191. The van der Waals surface area contributed by atoms with Gasteiger partial charge in [-0.2, -0.15) is 0 Å². The van der Waals surface area contributed by atoms with Crippen LogP contribution in [0.25, 0.3) is 0 Å². The first-order valence-corrected chi connectivity index (χ1v) is 5.17. The van der Waals surface area contributed by atoms with Crippen LogP contribution in [0, 0.1) is 6.42 Å². The lowest BCUT2D eigenvalue weighted by Crippen LogP contribution is -2.22. The fourth-order valence-corrected chi connectivity index (χ4v) is 1.04. The summed E-state index contributed by atoms with van der Waals surface area (Å²) in [5.74, 6) is 0.260. The number of hydrogen-bond donors (Lipinski definition) is 0. The summed E-state index contributed by atoms with van der Waals surface area (Å²) in [7, 11) is 6.99. The van der Waals surface area contributed by atoms with E-state index in [0.29, 0.717) is 12.8 Å². The third kappa shape index (κ3) is 6.94. The number of unbranched alkanes of at least 4 members (excludes halogenated alkanes) is 2. The lowest BCUT2D eigenvalue weighted by atomic mass is 10.1. The normalized spacial score (nSPS) is 9.87. The van der Waals surface area contributed by atoms with Crippen LogP contribution in [-0.2, 0) is 9.59 Å². The zero-order valence-electron chi connectivity index (χ0n) is 10.1. The third-order valence-electron chi connectivity index (χ3n) is 2.12. The largest absolute Gasteiger partial charge is 0.349 e. The predicted octanol–water partition coefficient (Wildman–Crippen LogP) is 0.927. The van der Waals surface area contributed by atoms with Crippen LogP contribution in [0.3, 0.4) is 0 Å². The summed E-state index contributed by atoms with van der Waals surface area (Å²) < 4.78 is 0. The molecule has 87 valence electrons. The van der Waals surface area contributed by atoms with Gasteiger partial charge in [-0.3, -0.25) is 9.59 Å². The maximum atomic E-state index is 11.2. The van der Waals surface area contributed by atoms with Gasteiger partial charge in [-0.15, -0.1) is 0 Å². The van der Waals surface area contributed by atoms with Gasteiger partial charge in [0.25, 0.3) is 0 Å². The fraction of sp³-hybridized carbons (Fsp3) is 0.727. The first-order valence-electron chi connectivity index (χ1n) is 5.17. The summed E-state index contributed by atoms with van der Waals surface area (Å²) in [6.45, 7) is 0. The number of carbonyl (C=O) groups excluding carboxylic acids is 2. The number of hydrogen-bond acceptors (Lipinski definition) is 2. The van der Waals surface area contributed by atoms with Crippen LogP contribution in [0.1, 0.15) is 25.7 Å². The Kier molecular flexibility index (Phi) is 6.75. The molecule has 0 saturated heterocycles. The van der Waals surface area contributed by atoms with E-state index in [1.807, 2.05) is 6.42 Å². The molecule has 0 fully saturated rings. The highest BCUT2D eigenvalue weighted by Crippen LogP contribution is 2.04. The van der Waals surface area contributed by atoms with Crippen LogP contribution < -0.4 is 0 Å². The molecule has 0 aliphatic carbocycles. The lowest BCUT2D eigenvalue weighted by molar-refractivity contribution is -0.129. The van der Waals surface area contributed by atoms with Crippen LogP contribution in [0.2, 0.25) is 0 Å². The van der Waals surface area contributed by atoms with E-state index in [1.165, 1.54) is 0 Å². The first-order chi connectivity index (χ1) is 6.95. The van der Waals surface area contributed by atoms with Crippen LogP contribution in [-0.4, -0.2) is 49.8 Å². The molecule has 0 bridgehead atoms. The monoisotopic (exact) mass is 213 g/mol. The minimum absolute atomic E-state index is 0.130. The van der Waals surface area contributed by atoms with Crippen LogP contribution >= 0.6 is 0 Å². The maximum absolute atomic E-state index is 11.2. The van der Waals surface area contributed by atoms with Gasteiger partial charge < -0.3 is 9.80 Å². The SMILES string of the molecule is CN(C)C(=O)CC[CH]CCC(=O)N(C)C. The minimum atomic E-state index is 0.130. The fourth-order valence-electron chi connectivity index (χ4n) is 1.04. The van der Waals surface area contributed by atoms with Gasteiger partial charge >= 0.3 is 0 Å². The highest BCUT2D eigenvalue weighted by atomic mass is 16.2. The Labute approximate surface area is 92.2 Å². The number of carbonyl (C=O) groups is 2. The quantitative estimate of drug-likeness (QED) is 0.616. The zero-order chi connectivity index (χ0) is 11.8. The van der Waals surface area contributed by atoms with Crippen molar-refractivity contribution in [3.05, 3.63) is 6.42 Å². The molecule has 0 aromatic heterocycles. The van der Waals surface area contributed by atoms with Gasteiger partial charge in [0.2, 0.25) is 11.8 Å². The lowest BCUT2D eigenvalue weighted by Gasteiger charge is -2.10. The van der Waals surface area contributed by atoms with Crippen LogP contribution in [0.5, 0.6) is 0 Å². The molecule has 0 N–H and O–H groups in total. The van der Waals surface area contributed by atoms with Gasteiger partial charge in [0.05, 0.1) is 0 Å². The molecule has 0 atom stereocenters.